The summed E-state index contributed by atoms with van der Waals surface area (Å²) in [4.78, 5) is 7.27. The Morgan fingerprint density at radius 3 is 2.82 bits per heavy atom. The number of nitrogen functional groups attached to an aromatic ring is 1. The first-order valence-electron chi connectivity index (χ1n) is 4.48. The van der Waals surface area contributed by atoms with Gasteiger partial charge in [0.25, 0.3) is 0 Å². The summed E-state index contributed by atoms with van der Waals surface area (Å²) in [5.74, 6) is -2.70. The van der Waals surface area contributed by atoms with E-state index in [9.17, 15) is 8.78 Å². The lowest BCUT2D eigenvalue weighted by atomic mass is 10.3. The summed E-state index contributed by atoms with van der Waals surface area (Å²) in [7, 11) is 0. The Bertz CT molecular complexity index is 565. The van der Waals surface area contributed by atoms with Gasteiger partial charge in [-0.15, -0.1) is 0 Å². The average Bonchev–Trinajstić information content (AvgIpc) is 2.30. The summed E-state index contributed by atoms with van der Waals surface area (Å²) >= 11 is 5.72. The van der Waals surface area contributed by atoms with Gasteiger partial charge in [-0.25, -0.2) is 9.37 Å². The summed E-state index contributed by atoms with van der Waals surface area (Å²) in [5.41, 5.74) is 5.32. The number of halogens is 3. The van der Waals surface area contributed by atoms with E-state index in [1.165, 1.54) is 18.3 Å². The largest absolute Gasteiger partial charge is 0.434 e. The van der Waals surface area contributed by atoms with Crippen molar-refractivity contribution in [1.82, 2.24) is 9.97 Å². The molecule has 1 aromatic heterocycles. The molecule has 4 nitrogen and oxygen atoms in total. The smallest absolute Gasteiger partial charge is 0.243 e. The van der Waals surface area contributed by atoms with Gasteiger partial charge in [-0.2, -0.15) is 9.37 Å². The Balaban J connectivity index is 2.38. The predicted octanol–water partition coefficient (Wildman–Crippen LogP) is 2.78. The number of hydrogen-bond donors (Lipinski definition) is 1. The number of nitrogens with two attached hydrogens (primary N) is 1. The van der Waals surface area contributed by atoms with Gasteiger partial charge in [-0.1, -0.05) is 17.7 Å². The van der Waals surface area contributed by atoms with Crippen LogP contribution in [0.25, 0.3) is 0 Å². The van der Waals surface area contributed by atoms with Crippen molar-refractivity contribution >= 4 is 17.5 Å². The molecule has 0 aliphatic rings. The van der Waals surface area contributed by atoms with E-state index in [-0.39, 0.29) is 22.6 Å². The highest BCUT2D eigenvalue weighted by Crippen LogP contribution is 2.29. The molecule has 0 bridgehead atoms. The quantitative estimate of drug-likeness (QED) is 0.899. The van der Waals surface area contributed by atoms with Crippen LogP contribution in [0.1, 0.15) is 0 Å². The van der Waals surface area contributed by atoms with E-state index in [1.54, 1.807) is 0 Å². The summed E-state index contributed by atoms with van der Waals surface area (Å²) in [5, 5.41) is 0.0443. The second kappa shape index (κ2) is 4.50. The van der Waals surface area contributed by atoms with E-state index in [2.05, 4.69) is 9.97 Å². The molecule has 0 atom stereocenters. The summed E-state index contributed by atoms with van der Waals surface area (Å²) in [6.45, 7) is 0. The first-order valence-corrected chi connectivity index (χ1v) is 4.85. The zero-order chi connectivity index (χ0) is 12.4. The maximum Gasteiger partial charge on any atom is 0.243 e. The molecule has 0 unspecified atom stereocenters. The third-order valence-electron chi connectivity index (χ3n) is 1.85. The molecule has 0 spiro atoms. The topological polar surface area (TPSA) is 61.0 Å². The molecule has 0 radical (unpaired) electrons. The second-order valence-corrected chi connectivity index (χ2v) is 3.44. The number of rotatable bonds is 2. The molecule has 0 saturated carbocycles. The highest BCUT2D eigenvalue weighted by atomic mass is 35.5. The number of aromatic nitrogens is 2. The van der Waals surface area contributed by atoms with Crippen molar-refractivity contribution in [2.75, 3.05) is 5.73 Å². The van der Waals surface area contributed by atoms with Gasteiger partial charge < -0.3 is 10.5 Å². The van der Waals surface area contributed by atoms with Crippen LogP contribution in [0.15, 0.2) is 24.4 Å². The molecule has 0 aliphatic heterocycles. The van der Waals surface area contributed by atoms with Gasteiger partial charge in [-0.05, 0) is 12.1 Å². The Kier molecular flexibility index (Phi) is 3.06. The van der Waals surface area contributed by atoms with Crippen LogP contribution in [0, 0.1) is 11.6 Å². The first-order chi connectivity index (χ1) is 8.08. The predicted molar refractivity (Wildman–Crippen MR) is 57.9 cm³/mol. The third kappa shape index (κ3) is 2.42. The SMILES string of the molecule is Nc1ncc(Cl)c(Oc2cccc(F)c2F)n1. The molecule has 0 amide bonds. The lowest BCUT2D eigenvalue weighted by molar-refractivity contribution is 0.405. The fraction of sp³-hybridized carbons (Fsp3) is 0. The van der Waals surface area contributed by atoms with Crippen LogP contribution in [-0.2, 0) is 0 Å². The summed E-state index contributed by atoms with van der Waals surface area (Å²) in [6.07, 6.45) is 1.20. The third-order valence-corrected chi connectivity index (χ3v) is 2.11. The molecular weight excluding hydrogens is 252 g/mol. The van der Waals surface area contributed by atoms with E-state index < -0.39 is 11.6 Å². The molecule has 0 fully saturated rings. The van der Waals surface area contributed by atoms with Crippen LogP contribution in [0.3, 0.4) is 0 Å². The number of nitrogens with zero attached hydrogens (tertiary/aromatic N) is 2. The van der Waals surface area contributed by atoms with Crippen molar-refractivity contribution in [3.63, 3.8) is 0 Å². The minimum atomic E-state index is -1.12. The van der Waals surface area contributed by atoms with Gasteiger partial charge in [0.15, 0.2) is 11.6 Å². The molecule has 2 rings (SSSR count). The molecule has 2 aromatic rings. The highest BCUT2D eigenvalue weighted by Gasteiger charge is 2.13. The second-order valence-electron chi connectivity index (χ2n) is 3.04. The van der Waals surface area contributed by atoms with Crippen LogP contribution in [0.5, 0.6) is 11.6 Å². The summed E-state index contributed by atoms with van der Waals surface area (Å²) in [6, 6.07) is 3.51. The van der Waals surface area contributed by atoms with E-state index in [1.807, 2.05) is 0 Å². The molecule has 2 N–H and O–H groups in total. The molecule has 88 valence electrons. The molecule has 1 heterocycles. The van der Waals surface area contributed by atoms with Gasteiger partial charge in [0.2, 0.25) is 17.6 Å². The highest BCUT2D eigenvalue weighted by molar-refractivity contribution is 6.31. The van der Waals surface area contributed by atoms with Crippen molar-refractivity contribution < 1.29 is 13.5 Å². The van der Waals surface area contributed by atoms with E-state index >= 15 is 0 Å². The Labute approximate surface area is 100 Å². The van der Waals surface area contributed by atoms with Gasteiger partial charge in [0.1, 0.15) is 5.02 Å². The van der Waals surface area contributed by atoms with Crippen LogP contribution in [0.4, 0.5) is 14.7 Å². The molecule has 7 heteroatoms. The minimum absolute atomic E-state index is 0.0443. The summed E-state index contributed by atoms with van der Waals surface area (Å²) < 4.78 is 31.2. The van der Waals surface area contributed by atoms with E-state index in [0.29, 0.717) is 0 Å². The lowest BCUT2D eigenvalue weighted by Crippen LogP contribution is -1.99. The van der Waals surface area contributed by atoms with Crippen molar-refractivity contribution in [2.24, 2.45) is 0 Å². The normalized spacial score (nSPS) is 10.3. The Morgan fingerprint density at radius 1 is 1.29 bits per heavy atom. The zero-order valence-electron chi connectivity index (χ0n) is 8.32. The molecule has 0 aliphatic carbocycles. The maximum atomic E-state index is 13.3. The molecular formula is C10H6ClF2N3O. The van der Waals surface area contributed by atoms with Crippen LogP contribution >= 0.6 is 11.6 Å². The molecule has 17 heavy (non-hydrogen) atoms. The fourth-order valence-corrected chi connectivity index (χ4v) is 1.23. The van der Waals surface area contributed by atoms with Crippen molar-refractivity contribution in [3.05, 3.63) is 41.1 Å². The Morgan fingerprint density at radius 2 is 2.06 bits per heavy atom. The van der Waals surface area contributed by atoms with Crippen LogP contribution in [0.2, 0.25) is 5.02 Å². The van der Waals surface area contributed by atoms with E-state index in [4.69, 9.17) is 22.1 Å². The number of anilines is 1. The van der Waals surface area contributed by atoms with Crippen molar-refractivity contribution in [1.29, 1.82) is 0 Å². The maximum absolute atomic E-state index is 13.3. The standard InChI is InChI=1S/C10H6ClF2N3O/c11-5-4-15-10(14)16-9(5)17-7-3-1-2-6(12)8(7)13/h1-4H,(H2,14,15,16). The fourth-order valence-electron chi connectivity index (χ4n) is 1.10. The van der Waals surface area contributed by atoms with E-state index in [0.717, 1.165) is 6.07 Å². The first kappa shape index (κ1) is 11.5. The monoisotopic (exact) mass is 257 g/mol. The molecule has 0 saturated heterocycles. The number of hydrogen-bond acceptors (Lipinski definition) is 4. The molecule has 1 aromatic carbocycles. The van der Waals surface area contributed by atoms with Crippen molar-refractivity contribution in [2.45, 2.75) is 0 Å². The van der Waals surface area contributed by atoms with Crippen LogP contribution < -0.4 is 10.5 Å². The number of benzene rings is 1. The average molecular weight is 258 g/mol. The van der Waals surface area contributed by atoms with Gasteiger partial charge >= 0.3 is 0 Å². The minimum Gasteiger partial charge on any atom is -0.434 e. The lowest BCUT2D eigenvalue weighted by Gasteiger charge is -2.07. The zero-order valence-corrected chi connectivity index (χ0v) is 9.08. The number of ether oxygens (including phenoxy) is 1. The van der Waals surface area contributed by atoms with Gasteiger partial charge in [0.05, 0.1) is 6.20 Å². The Hall–Kier alpha value is -1.95. The van der Waals surface area contributed by atoms with Gasteiger partial charge in [0, 0.05) is 0 Å². The van der Waals surface area contributed by atoms with Crippen LogP contribution in [-0.4, -0.2) is 9.97 Å². The van der Waals surface area contributed by atoms with Gasteiger partial charge in [-0.3, -0.25) is 0 Å². The van der Waals surface area contributed by atoms with Crippen molar-refractivity contribution in [3.8, 4) is 11.6 Å².